The van der Waals surface area contributed by atoms with Crippen molar-refractivity contribution in [3.63, 3.8) is 0 Å². The lowest BCUT2D eigenvalue weighted by molar-refractivity contribution is -0.146. The van der Waals surface area contributed by atoms with Crippen molar-refractivity contribution in [3.8, 4) is 0 Å². The molecule has 2 aromatic rings. The van der Waals surface area contributed by atoms with Gasteiger partial charge in [0.05, 0.1) is 10.3 Å². The summed E-state index contributed by atoms with van der Waals surface area (Å²) in [4.78, 5) is 19.6. The highest BCUT2D eigenvalue weighted by Gasteiger charge is 2.50. The smallest absolute Gasteiger partial charge is 0.243 e. The number of hydrogen-bond acceptors (Lipinski definition) is 4. The summed E-state index contributed by atoms with van der Waals surface area (Å²) in [5.41, 5.74) is 1.42. The SMILES string of the molecule is Cc1ccc(S(=O)(=O)N2CCC3(CCCN(Cc4cccnc4)C3=O)C2)cc1. The van der Waals surface area contributed by atoms with Gasteiger partial charge < -0.3 is 4.90 Å². The van der Waals surface area contributed by atoms with E-state index in [-0.39, 0.29) is 12.5 Å². The highest BCUT2D eigenvalue weighted by Crippen LogP contribution is 2.42. The lowest BCUT2D eigenvalue weighted by atomic mass is 9.78. The van der Waals surface area contributed by atoms with E-state index < -0.39 is 15.4 Å². The number of aryl methyl sites for hydroxylation is 1. The Morgan fingerprint density at radius 3 is 2.61 bits per heavy atom. The zero-order valence-electron chi connectivity index (χ0n) is 16.0. The number of sulfonamides is 1. The Morgan fingerprint density at radius 2 is 1.89 bits per heavy atom. The number of hydrogen-bond donors (Lipinski definition) is 0. The summed E-state index contributed by atoms with van der Waals surface area (Å²) in [6.07, 6.45) is 5.71. The molecular weight excluding hydrogens is 374 g/mol. The zero-order chi connectivity index (χ0) is 19.8. The molecule has 1 aromatic carbocycles. The fourth-order valence-corrected chi connectivity index (χ4v) is 5.82. The third kappa shape index (κ3) is 3.44. The van der Waals surface area contributed by atoms with Crippen molar-refractivity contribution < 1.29 is 13.2 Å². The average molecular weight is 400 g/mol. The molecule has 148 valence electrons. The third-order valence-electron chi connectivity index (χ3n) is 5.90. The molecule has 1 spiro atoms. The first-order valence-corrected chi connectivity index (χ1v) is 11.1. The van der Waals surface area contributed by atoms with Gasteiger partial charge in [-0.2, -0.15) is 4.31 Å². The summed E-state index contributed by atoms with van der Waals surface area (Å²) in [6, 6.07) is 10.7. The van der Waals surface area contributed by atoms with Crippen molar-refractivity contribution in [2.75, 3.05) is 19.6 Å². The summed E-state index contributed by atoms with van der Waals surface area (Å²) in [5, 5.41) is 0. The summed E-state index contributed by atoms with van der Waals surface area (Å²) in [5.74, 6) is 0.0733. The molecule has 0 saturated carbocycles. The van der Waals surface area contributed by atoms with Crippen LogP contribution in [0.1, 0.15) is 30.4 Å². The van der Waals surface area contributed by atoms with Gasteiger partial charge >= 0.3 is 0 Å². The van der Waals surface area contributed by atoms with Crippen LogP contribution in [0.2, 0.25) is 0 Å². The number of aromatic nitrogens is 1. The van der Waals surface area contributed by atoms with Crippen molar-refractivity contribution >= 4 is 15.9 Å². The topological polar surface area (TPSA) is 70.6 Å². The van der Waals surface area contributed by atoms with Crippen LogP contribution in [0.3, 0.4) is 0 Å². The number of carbonyl (C=O) groups is 1. The van der Waals surface area contributed by atoms with Crippen LogP contribution in [0.25, 0.3) is 0 Å². The molecule has 28 heavy (non-hydrogen) atoms. The van der Waals surface area contributed by atoms with Crippen molar-refractivity contribution in [2.45, 2.75) is 37.6 Å². The number of likely N-dealkylation sites (tertiary alicyclic amines) is 1. The van der Waals surface area contributed by atoms with Gasteiger partial charge in [0.1, 0.15) is 0 Å². The summed E-state index contributed by atoms with van der Waals surface area (Å²) in [7, 11) is -3.58. The molecule has 6 nitrogen and oxygen atoms in total. The van der Waals surface area contributed by atoms with Crippen molar-refractivity contribution in [1.29, 1.82) is 0 Å². The second-order valence-electron chi connectivity index (χ2n) is 7.87. The molecule has 1 atom stereocenters. The minimum atomic E-state index is -3.58. The molecule has 0 N–H and O–H groups in total. The predicted octanol–water partition coefficient (Wildman–Crippen LogP) is 2.59. The number of benzene rings is 1. The fourth-order valence-electron chi connectivity index (χ4n) is 4.29. The van der Waals surface area contributed by atoms with Crippen LogP contribution in [-0.2, 0) is 21.4 Å². The Kier molecular flexibility index (Phi) is 4.97. The Balaban J connectivity index is 1.53. The van der Waals surface area contributed by atoms with Gasteiger partial charge in [0.15, 0.2) is 0 Å². The Hall–Kier alpha value is -2.25. The number of piperidine rings is 1. The van der Waals surface area contributed by atoms with Crippen LogP contribution in [0.15, 0.2) is 53.7 Å². The highest BCUT2D eigenvalue weighted by molar-refractivity contribution is 7.89. The molecule has 0 aliphatic carbocycles. The van der Waals surface area contributed by atoms with Crippen LogP contribution in [0.5, 0.6) is 0 Å². The largest absolute Gasteiger partial charge is 0.338 e. The third-order valence-corrected chi connectivity index (χ3v) is 7.76. The van der Waals surface area contributed by atoms with Crippen LogP contribution < -0.4 is 0 Å². The maximum Gasteiger partial charge on any atom is 0.243 e. The maximum absolute atomic E-state index is 13.3. The van der Waals surface area contributed by atoms with E-state index in [4.69, 9.17) is 0 Å². The van der Waals surface area contributed by atoms with Crippen molar-refractivity contribution in [1.82, 2.24) is 14.2 Å². The first-order chi connectivity index (χ1) is 13.4. The number of rotatable bonds is 4. The molecule has 2 saturated heterocycles. The van der Waals surface area contributed by atoms with Crippen LogP contribution >= 0.6 is 0 Å². The summed E-state index contributed by atoms with van der Waals surface area (Å²) < 4.78 is 27.6. The highest BCUT2D eigenvalue weighted by atomic mass is 32.2. The van der Waals surface area contributed by atoms with Crippen LogP contribution in [-0.4, -0.2) is 48.1 Å². The molecule has 0 radical (unpaired) electrons. The molecule has 1 amide bonds. The normalized spacial score (nSPS) is 23.5. The number of amides is 1. The van der Waals surface area contributed by atoms with Gasteiger partial charge in [-0.25, -0.2) is 8.42 Å². The molecule has 1 aromatic heterocycles. The average Bonchev–Trinajstić information content (AvgIpc) is 3.13. The first kappa shape index (κ1) is 19.1. The van der Waals surface area contributed by atoms with Crippen LogP contribution in [0.4, 0.5) is 0 Å². The monoisotopic (exact) mass is 399 g/mol. The Bertz CT molecular complexity index is 960. The molecule has 2 aliphatic heterocycles. The second kappa shape index (κ2) is 7.29. The van der Waals surface area contributed by atoms with Gasteiger partial charge in [0.25, 0.3) is 0 Å². The second-order valence-corrected chi connectivity index (χ2v) is 9.81. The van der Waals surface area contributed by atoms with E-state index in [0.29, 0.717) is 31.0 Å². The van der Waals surface area contributed by atoms with Crippen LogP contribution in [0, 0.1) is 12.3 Å². The van der Waals surface area contributed by atoms with E-state index in [2.05, 4.69) is 4.98 Å². The molecule has 7 heteroatoms. The Morgan fingerprint density at radius 1 is 1.11 bits per heavy atom. The van der Waals surface area contributed by atoms with E-state index in [1.54, 1.807) is 36.7 Å². The first-order valence-electron chi connectivity index (χ1n) is 9.66. The minimum absolute atomic E-state index is 0.0733. The molecule has 0 bridgehead atoms. The standard InChI is InChI=1S/C21H25N3O3S/c1-17-5-7-19(8-6-17)28(26,27)24-13-10-21(16-24)9-3-12-23(20(21)25)15-18-4-2-11-22-14-18/h2,4-8,11,14H,3,9-10,12-13,15-16H2,1H3. The lowest BCUT2D eigenvalue weighted by Crippen LogP contribution is -2.50. The quantitative estimate of drug-likeness (QED) is 0.792. The fraction of sp³-hybridized carbons (Fsp3) is 0.429. The summed E-state index contributed by atoms with van der Waals surface area (Å²) in [6.45, 7) is 3.83. The van der Waals surface area contributed by atoms with Crippen molar-refractivity contribution in [3.05, 3.63) is 59.9 Å². The van der Waals surface area contributed by atoms with Crippen molar-refractivity contribution in [2.24, 2.45) is 5.41 Å². The zero-order valence-corrected chi connectivity index (χ0v) is 16.9. The predicted molar refractivity (Wildman–Crippen MR) is 106 cm³/mol. The minimum Gasteiger partial charge on any atom is -0.338 e. The van der Waals surface area contributed by atoms with Gasteiger partial charge in [-0.1, -0.05) is 23.8 Å². The van der Waals surface area contributed by atoms with E-state index in [9.17, 15) is 13.2 Å². The van der Waals surface area contributed by atoms with Gasteiger partial charge in [0, 0.05) is 38.6 Å². The number of carbonyl (C=O) groups excluding carboxylic acids is 1. The molecule has 2 aliphatic rings. The van der Waals surface area contributed by atoms with Gasteiger partial charge in [0.2, 0.25) is 15.9 Å². The Labute approximate surface area is 166 Å². The lowest BCUT2D eigenvalue weighted by Gasteiger charge is -2.39. The van der Waals surface area contributed by atoms with Gasteiger partial charge in [-0.3, -0.25) is 9.78 Å². The number of pyridine rings is 1. The molecule has 3 heterocycles. The molecule has 4 rings (SSSR count). The van der Waals surface area contributed by atoms with E-state index in [0.717, 1.165) is 24.0 Å². The van der Waals surface area contributed by atoms with Gasteiger partial charge in [-0.15, -0.1) is 0 Å². The molecule has 2 fully saturated rings. The molecular formula is C21H25N3O3S. The van der Waals surface area contributed by atoms with E-state index in [1.807, 2.05) is 24.0 Å². The van der Waals surface area contributed by atoms with E-state index >= 15 is 0 Å². The van der Waals surface area contributed by atoms with Gasteiger partial charge in [-0.05, 0) is 49.9 Å². The number of nitrogens with zero attached hydrogens (tertiary/aromatic N) is 3. The maximum atomic E-state index is 13.3. The molecule has 1 unspecified atom stereocenters. The summed E-state index contributed by atoms with van der Waals surface area (Å²) >= 11 is 0. The van der Waals surface area contributed by atoms with E-state index in [1.165, 1.54) is 4.31 Å².